The SMILES string of the molecule is [2H]/C(=C\C(=O)/C=C(O)/C=C(\[2H])c1ccc(O)c(CO)c1)c1ccc(O)c(C)c1. The number of aryl methyl sites for hydroxylation is 1. The molecule has 5 nitrogen and oxygen atoms in total. The number of phenolic OH excluding ortho intramolecular Hbond substituents is 1. The van der Waals surface area contributed by atoms with E-state index in [0.29, 0.717) is 16.7 Å². The third-order valence-electron chi connectivity index (χ3n) is 3.50. The van der Waals surface area contributed by atoms with Crippen LogP contribution in [-0.4, -0.2) is 26.2 Å². The Balaban J connectivity index is 2.20. The van der Waals surface area contributed by atoms with Crippen LogP contribution in [0.4, 0.5) is 0 Å². The number of benzene rings is 2. The van der Waals surface area contributed by atoms with Gasteiger partial charge in [0, 0.05) is 11.6 Å². The number of hydrogen-bond donors (Lipinski definition) is 4. The van der Waals surface area contributed by atoms with Crippen molar-refractivity contribution in [2.45, 2.75) is 13.5 Å². The van der Waals surface area contributed by atoms with Crippen LogP contribution >= 0.6 is 0 Å². The molecule has 0 aromatic heterocycles. The standard InChI is InChI=1S/C21H20O5/c1-14-10-15(4-8-20(14)25)2-6-18(23)12-19(24)7-3-16-5-9-21(26)17(11-16)13-22/h2-12,22,24-26H,13H2,1H3/b6-2+,7-3+,19-12-/i2D,3D. The summed E-state index contributed by atoms with van der Waals surface area (Å²) in [5.74, 6) is -1.13. The molecule has 0 fully saturated rings. The van der Waals surface area contributed by atoms with Crippen LogP contribution < -0.4 is 0 Å². The molecule has 0 aliphatic rings. The van der Waals surface area contributed by atoms with Crippen molar-refractivity contribution < 1.29 is 28.0 Å². The van der Waals surface area contributed by atoms with E-state index in [1.807, 2.05) is 0 Å². The van der Waals surface area contributed by atoms with E-state index in [0.717, 1.165) is 18.2 Å². The highest BCUT2D eigenvalue weighted by molar-refractivity contribution is 6.02. The first-order valence-corrected chi connectivity index (χ1v) is 7.75. The van der Waals surface area contributed by atoms with Gasteiger partial charge in [-0.25, -0.2) is 0 Å². The van der Waals surface area contributed by atoms with E-state index in [4.69, 9.17) is 7.85 Å². The third kappa shape index (κ3) is 5.36. The lowest BCUT2D eigenvalue weighted by atomic mass is 10.1. The zero-order chi connectivity index (χ0) is 20.8. The molecule has 2 aromatic rings. The van der Waals surface area contributed by atoms with Gasteiger partial charge >= 0.3 is 0 Å². The van der Waals surface area contributed by atoms with Crippen LogP contribution in [0.5, 0.6) is 11.5 Å². The van der Waals surface area contributed by atoms with Gasteiger partial charge in [-0.3, -0.25) is 4.79 Å². The van der Waals surface area contributed by atoms with E-state index in [9.17, 15) is 20.1 Å². The Kier molecular flexibility index (Phi) is 5.41. The summed E-state index contributed by atoms with van der Waals surface area (Å²) in [6.07, 6.45) is 2.95. The largest absolute Gasteiger partial charge is 0.508 e. The van der Waals surface area contributed by atoms with Crippen molar-refractivity contribution in [3.63, 3.8) is 0 Å². The van der Waals surface area contributed by atoms with E-state index >= 15 is 0 Å². The molecular weight excluding hydrogens is 332 g/mol. The molecule has 2 aromatic carbocycles. The quantitative estimate of drug-likeness (QED) is 0.361. The van der Waals surface area contributed by atoms with Gasteiger partial charge in [-0.15, -0.1) is 0 Å². The fourth-order valence-electron chi connectivity index (χ4n) is 2.09. The first-order valence-electron chi connectivity index (χ1n) is 8.75. The summed E-state index contributed by atoms with van der Waals surface area (Å²) < 4.78 is 15.9. The summed E-state index contributed by atoms with van der Waals surface area (Å²) in [5, 5.41) is 38.1. The first-order chi connectivity index (χ1) is 13.2. The van der Waals surface area contributed by atoms with Gasteiger partial charge in [-0.1, -0.05) is 24.2 Å². The Bertz CT molecular complexity index is 990. The zero-order valence-corrected chi connectivity index (χ0v) is 14.1. The van der Waals surface area contributed by atoms with Gasteiger partial charge in [0.1, 0.15) is 17.3 Å². The smallest absolute Gasteiger partial charge is 0.182 e. The van der Waals surface area contributed by atoms with Crippen molar-refractivity contribution >= 4 is 17.9 Å². The second kappa shape index (κ2) is 8.69. The fraction of sp³-hybridized carbons (Fsp3) is 0.0952. The molecule has 4 N–H and O–H groups in total. The lowest BCUT2D eigenvalue weighted by Gasteiger charge is -2.02. The molecule has 134 valence electrons. The van der Waals surface area contributed by atoms with Gasteiger partial charge in [0.15, 0.2) is 5.78 Å². The van der Waals surface area contributed by atoms with Crippen LogP contribution in [0.15, 0.2) is 60.4 Å². The number of aliphatic hydroxyl groups is 2. The predicted octanol–water partition coefficient (Wildman–Crippen LogP) is 3.64. The number of aromatic hydroxyl groups is 2. The summed E-state index contributed by atoms with van der Waals surface area (Å²) >= 11 is 0. The maximum atomic E-state index is 12.0. The van der Waals surface area contributed by atoms with Crippen molar-refractivity contribution in [1.29, 1.82) is 0 Å². The molecule has 0 saturated carbocycles. The summed E-state index contributed by atoms with van der Waals surface area (Å²) in [4.78, 5) is 12.0. The van der Waals surface area contributed by atoms with Crippen molar-refractivity contribution in [1.82, 2.24) is 0 Å². The summed E-state index contributed by atoms with van der Waals surface area (Å²) in [6, 6.07) is 8.45. The van der Waals surface area contributed by atoms with Crippen molar-refractivity contribution in [2.75, 3.05) is 0 Å². The van der Waals surface area contributed by atoms with Crippen LogP contribution in [0.3, 0.4) is 0 Å². The van der Waals surface area contributed by atoms with Crippen LogP contribution in [0.2, 0.25) is 0 Å². The molecule has 0 amide bonds. The summed E-state index contributed by atoms with van der Waals surface area (Å²) in [5.41, 5.74) is 1.58. The van der Waals surface area contributed by atoms with E-state index < -0.39 is 18.1 Å². The summed E-state index contributed by atoms with van der Waals surface area (Å²) in [6.45, 7) is 1.27. The van der Waals surface area contributed by atoms with E-state index in [2.05, 4.69) is 0 Å². The van der Waals surface area contributed by atoms with Gasteiger partial charge in [-0.05, 0) is 60.0 Å². The zero-order valence-electron chi connectivity index (χ0n) is 16.1. The Hall–Kier alpha value is -3.31. The second-order valence-corrected chi connectivity index (χ2v) is 5.55. The van der Waals surface area contributed by atoms with Crippen molar-refractivity contribution in [3.05, 3.63) is 82.6 Å². The Labute approximate surface area is 154 Å². The molecule has 0 aliphatic heterocycles. The minimum Gasteiger partial charge on any atom is -0.508 e. The molecule has 0 aliphatic carbocycles. The number of carbonyl (C=O) groups excluding carboxylic acids is 1. The molecule has 0 saturated heterocycles. The number of rotatable bonds is 6. The van der Waals surface area contributed by atoms with E-state index in [1.165, 1.54) is 30.3 Å². The Morgan fingerprint density at radius 1 is 1.04 bits per heavy atom. The number of ketones is 1. The first kappa shape index (κ1) is 16.2. The lowest BCUT2D eigenvalue weighted by molar-refractivity contribution is -0.110. The molecule has 0 radical (unpaired) electrons. The highest BCUT2D eigenvalue weighted by Crippen LogP contribution is 2.19. The minimum atomic E-state index is -0.640. The molecule has 0 bridgehead atoms. The number of hydrogen-bond acceptors (Lipinski definition) is 5. The van der Waals surface area contributed by atoms with Crippen LogP contribution in [-0.2, 0) is 11.4 Å². The van der Waals surface area contributed by atoms with E-state index in [-0.39, 0.29) is 29.2 Å². The second-order valence-electron chi connectivity index (χ2n) is 5.55. The van der Waals surface area contributed by atoms with E-state index in [1.54, 1.807) is 13.0 Å². The monoisotopic (exact) mass is 354 g/mol. The maximum absolute atomic E-state index is 12.0. The number of aliphatic hydroxyl groups excluding tert-OH is 2. The molecule has 0 unspecified atom stereocenters. The molecule has 26 heavy (non-hydrogen) atoms. The van der Waals surface area contributed by atoms with Gasteiger partial charge < -0.3 is 20.4 Å². The number of allylic oxidation sites excluding steroid dienone is 3. The van der Waals surface area contributed by atoms with Gasteiger partial charge in [-0.2, -0.15) is 0 Å². The minimum absolute atomic E-state index is 0.0849. The molecule has 0 heterocycles. The van der Waals surface area contributed by atoms with Crippen LogP contribution in [0.25, 0.3) is 12.1 Å². The van der Waals surface area contributed by atoms with Crippen LogP contribution in [0.1, 0.15) is 25.0 Å². The van der Waals surface area contributed by atoms with Gasteiger partial charge in [0.2, 0.25) is 0 Å². The number of phenols is 2. The van der Waals surface area contributed by atoms with Crippen LogP contribution in [0, 0.1) is 6.92 Å². The fourth-order valence-corrected chi connectivity index (χ4v) is 2.09. The molecule has 2 rings (SSSR count). The van der Waals surface area contributed by atoms with Gasteiger partial charge in [0.05, 0.1) is 9.35 Å². The molecule has 5 heteroatoms. The average molecular weight is 354 g/mol. The summed E-state index contributed by atoms with van der Waals surface area (Å²) in [7, 11) is 0. The van der Waals surface area contributed by atoms with Crippen molar-refractivity contribution in [2.24, 2.45) is 0 Å². The highest BCUT2D eigenvalue weighted by Gasteiger charge is 2.00. The lowest BCUT2D eigenvalue weighted by Crippen LogP contribution is -1.89. The molecular formula is C21H20O5. The normalized spacial score (nSPS) is 14.0. The number of carbonyl (C=O) groups is 1. The Morgan fingerprint density at radius 2 is 1.65 bits per heavy atom. The Morgan fingerprint density at radius 3 is 2.31 bits per heavy atom. The van der Waals surface area contributed by atoms with Gasteiger partial charge in [0.25, 0.3) is 0 Å². The molecule has 0 atom stereocenters. The maximum Gasteiger partial charge on any atom is 0.182 e. The topological polar surface area (TPSA) is 98.0 Å². The predicted molar refractivity (Wildman–Crippen MR) is 101 cm³/mol. The van der Waals surface area contributed by atoms with Crippen molar-refractivity contribution in [3.8, 4) is 11.5 Å². The highest BCUT2D eigenvalue weighted by atomic mass is 16.3. The third-order valence-corrected chi connectivity index (χ3v) is 3.50. The molecule has 0 spiro atoms. The average Bonchev–Trinajstić information content (AvgIpc) is 2.63.